The summed E-state index contributed by atoms with van der Waals surface area (Å²) in [5.41, 5.74) is 5.01. The van der Waals surface area contributed by atoms with Crippen molar-refractivity contribution in [3.63, 3.8) is 0 Å². The van der Waals surface area contributed by atoms with Gasteiger partial charge in [0.2, 0.25) is 0 Å². The van der Waals surface area contributed by atoms with E-state index in [1.54, 1.807) is 7.11 Å². The Kier molecular flexibility index (Phi) is 5.07. The predicted molar refractivity (Wildman–Crippen MR) is 111 cm³/mol. The van der Waals surface area contributed by atoms with Crippen LogP contribution in [-0.4, -0.2) is 16.7 Å². The van der Waals surface area contributed by atoms with Gasteiger partial charge in [-0.25, -0.2) is 4.98 Å². The number of imidazole rings is 1. The van der Waals surface area contributed by atoms with Gasteiger partial charge in [-0.2, -0.15) is 5.26 Å². The smallest absolute Gasteiger partial charge is 0.141 e. The van der Waals surface area contributed by atoms with E-state index >= 15 is 0 Å². The summed E-state index contributed by atoms with van der Waals surface area (Å²) in [7, 11) is 1.67. The molecule has 0 fully saturated rings. The first-order chi connectivity index (χ1) is 13.8. The normalized spacial score (nSPS) is 10.7. The monoisotopic (exact) mass is 367 g/mol. The highest BCUT2D eigenvalue weighted by molar-refractivity contribution is 5.82. The van der Waals surface area contributed by atoms with Crippen LogP contribution >= 0.6 is 0 Å². The minimum absolute atomic E-state index is 0.650. The summed E-state index contributed by atoms with van der Waals surface area (Å²) in [6.07, 6.45) is 2.04. The number of nitriles is 1. The van der Waals surface area contributed by atoms with Crippen molar-refractivity contribution in [3.05, 3.63) is 83.9 Å². The van der Waals surface area contributed by atoms with Crippen LogP contribution < -0.4 is 4.74 Å². The molecule has 3 aromatic carbocycles. The maximum Gasteiger partial charge on any atom is 0.141 e. The minimum atomic E-state index is 0.650. The number of rotatable bonds is 6. The number of aromatic nitrogens is 2. The summed E-state index contributed by atoms with van der Waals surface area (Å²) in [4.78, 5) is 4.87. The fourth-order valence-electron chi connectivity index (χ4n) is 3.46. The van der Waals surface area contributed by atoms with E-state index in [0.717, 1.165) is 47.6 Å². The van der Waals surface area contributed by atoms with Gasteiger partial charge in [-0.1, -0.05) is 30.3 Å². The lowest BCUT2D eigenvalue weighted by Crippen LogP contribution is -2.02. The first kappa shape index (κ1) is 17.8. The molecule has 0 radical (unpaired) electrons. The van der Waals surface area contributed by atoms with E-state index in [0.29, 0.717) is 5.56 Å². The van der Waals surface area contributed by atoms with Crippen LogP contribution in [0.2, 0.25) is 0 Å². The lowest BCUT2D eigenvalue weighted by atomic mass is 10.1. The van der Waals surface area contributed by atoms with Gasteiger partial charge in [0.15, 0.2) is 0 Å². The van der Waals surface area contributed by atoms with Gasteiger partial charge in [0.25, 0.3) is 0 Å². The number of aryl methyl sites for hydroxylation is 2. The van der Waals surface area contributed by atoms with Gasteiger partial charge in [0.05, 0.1) is 29.8 Å². The second kappa shape index (κ2) is 7.98. The molecule has 1 aromatic heterocycles. The second-order valence-corrected chi connectivity index (χ2v) is 6.72. The molecule has 0 unspecified atom stereocenters. The average molecular weight is 367 g/mol. The molecule has 0 bridgehead atoms. The third kappa shape index (κ3) is 3.60. The molecular formula is C24H21N3O. The van der Waals surface area contributed by atoms with Gasteiger partial charge in [-0.15, -0.1) is 0 Å². The molecule has 4 heteroatoms. The van der Waals surface area contributed by atoms with Crippen LogP contribution in [0.3, 0.4) is 0 Å². The van der Waals surface area contributed by atoms with Crippen LogP contribution in [0.4, 0.5) is 0 Å². The summed E-state index contributed by atoms with van der Waals surface area (Å²) in [6.45, 7) is 0.868. The van der Waals surface area contributed by atoms with Gasteiger partial charge < -0.3 is 9.30 Å². The molecule has 1 heterocycles. The first-order valence-electron chi connectivity index (χ1n) is 9.37. The van der Waals surface area contributed by atoms with E-state index in [2.05, 4.69) is 41.0 Å². The lowest BCUT2D eigenvalue weighted by Gasteiger charge is -2.10. The summed E-state index contributed by atoms with van der Waals surface area (Å²) in [6, 6.07) is 26.3. The molecule has 4 rings (SSSR count). The minimum Gasteiger partial charge on any atom is -0.497 e. The number of ether oxygens (including phenoxy) is 1. The number of nitrogens with zero attached hydrogens (tertiary/aromatic N) is 3. The summed E-state index contributed by atoms with van der Waals surface area (Å²) >= 11 is 0. The molecular weight excluding hydrogens is 346 g/mol. The van der Waals surface area contributed by atoms with Crippen molar-refractivity contribution in [1.29, 1.82) is 5.26 Å². The Labute approximate surface area is 164 Å². The maximum atomic E-state index is 9.07. The number of hydrogen-bond acceptors (Lipinski definition) is 3. The van der Waals surface area contributed by atoms with Crippen LogP contribution in [0.1, 0.15) is 17.5 Å². The third-order valence-electron chi connectivity index (χ3n) is 4.92. The molecule has 0 atom stereocenters. The molecule has 0 aliphatic carbocycles. The Bertz CT molecular complexity index is 1120. The second-order valence-electron chi connectivity index (χ2n) is 6.72. The Balaban J connectivity index is 1.69. The van der Waals surface area contributed by atoms with E-state index in [1.165, 1.54) is 5.56 Å². The standard InChI is InChI=1S/C24H21N3O/c1-28-21-13-14-23-22(16-21)26-24(20-11-9-19(17-25)10-12-20)27(23)15-5-8-18-6-3-2-4-7-18/h2-4,6-7,9-14,16H,5,8,15H2,1H3. The van der Waals surface area contributed by atoms with Gasteiger partial charge >= 0.3 is 0 Å². The van der Waals surface area contributed by atoms with Crippen LogP contribution in [0, 0.1) is 11.3 Å². The Morgan fingerprint density at radius 2 is 1.79 bits per heavy atom. The highest BCUT2D eigenvalue weighted by atomic mass is 16.5. The molecule has 0 saturated carbocycles. The fourth-order valence-corrected chi connectivity index (χ4v) is 3.46. The zero-order chi connectivity index (χ0) is 19.3. The van der Waals surface area contributed by atoms with Crippen LogP contribution in [0.5, 0.6) is 5.75 Å². The molecule has 0 amide bonds. The summed E-state index contributed by atoms with van der Waals surface area (Å²) in [5, 5.41) is 9.07. The molecule has 138 valence electrons. The highest BCUT2D eigenvalue weighted by Crippen LogP contribution is 2.28. The molecule has 28 heavy (non-hydrogen) atoms. The Morgan fingerprint density at radius 3 is 2.50 bits per heavy atom. The zero-order valence-electron chi connectivity index (χ0n) is 15.8. The average Bonchev–Trinajstić information content (AvgIpc) is 3.12. The molecule has 4 nitrogen and oxygen atoms in total. The SMILES string of the molecule is COc1ccc2c(c1)nc(-c1ccc(C#N)cc1)n2CCCc1ccccc1. The van der Waals surface area contributed by atoms with Crippen molar-refractivity contribution in [1.82, 2.24) is 9.55 Å². The van der Waals surface area contributed by atoms with Crippen molar-refractivity contribution in [2.24, 2.45) is 0 Å². The van der Waals surface area contributed by atoms with Crippen molar-refractivity contribution < 1.29 is 4.74 Å². The molecule has 0 spiro atoms. The lowest BCUT2D eigenvalue weighted by molar-refractivity contribution is 0.415. The van der Waals surface area contributed by atoms with Crippen molar-refractivity contribution in [2.45, 2.75) is 19.4 Å². The molecule has 4 aromatic rings. The topological polar surface area (TPSA) is 50.8 Å². The van der Waals surface area contributed by atoms with Gasteiger partial charge in [-0.3, -0.25) is 0 Å². The van der Waals surface area contributed by atoms with E-state index in [4.69, 9.17) is 15.0 Å². The Morgan fingerprint density at radius 1 is 1.00 bits per heavy atom. The first-order valence-corrected chi connectivity index (χ1v) is 9.37. The number of benzene rings is 3. The van der Waals surface area contributed by atoms with Crippen LogP contribution in [-0.2, 0) is 13.0 Å². The molecule has 0 aliphatic rings. The van der Waals surface area contributed by atoms with Gasteiger partial charge in [0.1, 0.15) is 11.6 Å². The maximum absolute atomic E-state index is 9.07. The van der Waals surface area contributed by atoms with Crippen LogP contribution in [0.15, 0.2) is 72.8 Å². The van der Waals surface area contributed by atoms with E-state index in [-0.39, 0.29) is 0 Å². The zero-order valence-corrected chi connectivity index (χ0v) is 15.8. The van der Waals surface area contributed by atoms with E-state index in [1.807, 2.05) is 42.5 Å². The van der Waals surface area contributed by atoms with E-state index < -0.39 is 0 Å². The molecule has 0 N–H and O–H groups in total. The van der Waals surface area contributed by atoms with Crippen molar-refractivity contribution in [3.8, 4) is 23.2 Å². The summed E-state index contributed by atoms with van der Waals surface area (Å²) < 4.78 is 7.62. The largest absolute Gasteiger partial charge is 0.497 e. The van der Waals surface area contributed by atoms with Crippen LogP contribution in [0.25, 0.3) is 22.4 Å². The predicted octanol–water partition coefficient (Wildman–Crippen LogP) is 5.22. The summed E-state index contributed by atoms with van der Waals surface area (Å²) in [5.74, 6) is 1.72. The molecule has 0 saturated heterocycles. The Hall–Kier alpha value is -3.58. The highest BCUT2D eigenvalue weighted by Gasteiger charge is 2.13. The van der Waals surface area contributed by atoms with E-state index in [9.17, 15) is 0 Å². The number of methoxy groups -OCH3 is 1. The molecule has 0 aliphatic heterocycles. The fraction of sp³-hybridized carbons (Fsp3) is 0.167. The number of hydrogen-bond donors (Lipinski definition) is 0. The quantitative estimate of drug-likeness (QED) is 0.470. The third-order valence-corrected chi connectivity index (χ3v) is 4.92. The number of fused-ring (bicyclic) bond motifs is 1. The van der Waals surface area contributed by atoms with Crippen molar-refractivity contribution in [2.75, 3.05) is 7.11 Å². The van der Waals surface area contributed by atoms with Crippen molar-refractivity contribution >= 4 is 11.0 Å². The van der Waals surface area contributed by atoms with Gasteiger partial charge in [-0.05, 0) is 54.8 Å². The van der Waals surface area contributed by atoms with Gasteiger partial charge in [0, 0.05) is 18.2 Å².